The molecule has 9 nitrogen and oxygen atoms in total. The number of aryl methyl sites for hydroxylation is 2. The van der Waals surface area contributed by atoms with E-state index in [-0.39, 0.29) is 16.7 Å². The van der Waals surface area contributed by atoms with Gasteiger partial charge < -0.3 is 14.2 Å². The van der Waals surface area contributed by atoms with Crippen LogP contribution >= 0.6 is 22.7 Å². The van der Waals surface area contributed by atoms with Gasteiger partial charge in [-0.25, -0.2) is 9.78 Å². The van der Waals surface area contributed by atoms with Crippen LogP contribution in [0, 0.1) is 13.8 Å². The zero-order valence-electron chi connectivity index (χ0n) is 20.6. The summed E-state index contributed by atoms with van der Waals surface area (Å²) >= 11 is 2.53. The topological polar surface area (TPSA) is 113 Å². The number of esters is 1. The second-order valence-electron chi connectivity index (χ2n) is 7.95. The number of ether oxygens (including phenoxy) is 3. The maximum atomic E-state index is 13.1. The molecule has 192 valence electrons. The summed E-state index contributed by atoms with van der Waals surface area (Å²) in [4.78, 5) is 30.3. The fourth-order valence-corrected chi connectivity index (χ4v) is 4.74. The third-order valence-corrected chi connectivity index (χ3v) is 7.15. The molecule has 0 aliphatic heterocycles. The van der Waals surface area contributed by atoms with E-state index < -0.39 is 11.9 Å². The third kappa shape index (κ3) is 7.11. The van der Waals surface area contributed by atoms with Gasteiger partial charge in [0.05, 0.1) is 24.4 Å². The molecule has 37 heavy (non-hydrogen) atoms. The molecule has 0 fully saturated rings. The highest BCUT2D eigenvalue weighted by atomic mass is 32.1. The number of rotatable bonds is 11. The standard InChI is InChI=1S/C26H26N4O5S2/c1-4-33-25(32)24-29-30-26(37-24)28-23(31)19-11-20(34-10-9-22-17(3)27-15-36-22)13-21(12-19)35-14-18-8-6-5-7-16(18)2/h5-8,11-13,15H,4,9-10,14H2,1-3H3,(H,28,30,31). The van der Waals surface area contributed by atoms with Gasteiger partial charge in [0.15, 0.2) is 0 Å². The number of nitrogens with zero attached hydrogens (tertiary/aromatic N) is 3. The number of carbonyl (C=O) groups is 2. The lowest BCUT2D eigenvalue weighted by Crippen LogP contribution is -2.12. The summed E-state index contributed by atoms with van der Waals surface area (Å²) in [5.41, 5.74) is 5.28. The summed E-state index contributed by atoms with van der Waals surface area (Å²) in [6.07, 6.45) is 0.702. The molecular weight excluding hydrogens is 512 g/mol. The fraction of sp³-hybridized carbons (Fsp3) is 0.269. The van der Waals surface area contributed by atoms with E-state index in [0.717, 1.165) is 33.0 Å². The monoisotopic (exact) mass is 538 g/mol. The van der Waals surface area contributed by atoms with Crippen molar-refractivity contribution in [3.8, 4) is 11.5 Å². The van der Waals surface area contributed by atoms with Crippen LogP contribution in [0.1, 0.15) is 48.8 Å². The van der Waals surface area contributed by atoms with Crippen LogP contribution in [0.2, 0.25) is 0 Å². The van der Waals surface area contributed by atoms with Crippen molar-refractivity contribution in [3.05, 3.63) is 80.2 Å². The number of hydrogen-bond donors (Lipinski definition) is 1. The van der Waals surface area contributed by atoms with Gasteiger partial charge in [-0.15, -0.1) is 21.5 Å². The molecule has 0 aliphatic rings. The largest absolute Gasteiger partial charge is 0.493 e. The molecule has 0 bridgehead atoms. The predicted octanol–water partition coefficient (Wildman–Crippen LogP) is 5.24. The van der Waals surface area contributed by atoms with Crippen molar-refractivity contribution in [3.63, 3.8) is 0 Å². The molecule has 0 saturated carbocycles. The molecule has 4 rings (SSSR count). The number of thiazole rings is 1. The normalized spacial score (nSPS) is 10.7. The quantitative estimate of drug-likeness (QED) is 0.258. The maximum Gasteiger partial charge on any atom is 0.369 e. The van der Waals surface area contributed by atoms with Gasteiger partial charge >= 0.3 is 5.97 Å². The van der Waals surface area contributed by atoms with Gasteiger partial charge in [-0.3, -0.25) is 10.1 Å². The first-order valence-electron chi connectivity index (χ1n) is 11.6. The highest BCUT2D eigenvalue weighted by Crippen LogP contribution is 2.26. The molecule has 0 atom stereocenters. The second kappa shape index (κ2) is 12.4. The first-order valence-corrected chi connectivity index (χ1v) is 13.3. The van der Waals surface area contributed by atoms with E-state index in [2.05, 4.69) is 20.5 Å². The summed E-state index contributed by atoms with van der Waals surface area (Å²) < 4.78 is 16.9. The van der Waals surface area contributed by atoms with Gasteiger partial charge in [0.2, 0.25) is 10.1 Å². The molecule has 1 N–H and O–H groups in total. The maximum absolute atomic E-state index is 13.1. The van der Waals surface area contributed by atoms with Crippen LogP contribution in [0.5, 0.6) is 11.5 Å². The lowest BCUT2D eigenvalue weighted by Gasteiger charge is -2.13. The number of benzene rings is 2. The van der Waals surface area contributed by atoms with Crippen LogP contribution in [0.25, 0.3) is 0 Å². The van der Waals surface area contributed by atoms with Gasteiger partial charge in [-0.05, 0) is 44.0 Å². The Labute approximate surface area is 222 Å². The van der Waals surface area contributed by atoms with Crippen LogP contribution < -0.4 is 14.8 Å². The molecule has 11 heteroatoms. The highest BCUT2D eigenvalue weighted by molar-refractivity contribution is 7.17. The van der Waals surface area contributed by atoms with Gasteiger partial charge in [-0.1, -0.05) is 35.6 Å². The van der Waals surface area contributed by atoms with Crippen LogP contribution in [-0.4, -0.2) is 40.3 Å². The minimum absolute atomic E-state index is 0.0647. The summed E-state index contributed by atoms with van der Waals surface area (Å²) in [7, 11) is 0. The van der Waals surface area contributed by atoms with E-state index in [9.17, 15) is 9.59 Å². The number of amides is 1. The molecule has 2 aromatic carbocycles. The molecule has 2 heterocycles. The molecule has 2 aromatic heterocycles. The highest BCUT2D eigenvalue weighted by Gasteiger charge is 2.17. The van der Waals surface area contributed by atoms with Crippen molar-refractivity contribution in [2.45, 2.75) is 33.8 Å². The van der Waals surface area contributed by atoms with Gasteiger partial charge in [0, 0.05) is 22.9 Å². The summed E-state index contributed by atoms with van der Waals surface area (Å²) in [6, 6.07) is 13.0. The Morgan fingerprint density at radius 2 is 1.81 bits per heavy atom. The van der Waals surface area contributed by atoms with E-state index in [1.54, 1.807) is 36.5 Å². The Morgan fingerprint density at radius 1 is 1.03 bits per heavy atom. The van der Waals surface area contributed by atoms with Crippen LogP contribution in [0.4, 0.5) is 5.13 Å². The first-order chi connectivity index (χ1) is 17.9. The number of aromatic nitrogens is 3. The number of carbonyl (C=O) groups excluding carboxylic acids is 2. The lowest BCUT2D eigenvalue weighted by atomic mass is 10.1. The zero-order chi connectivity index (χ0) is 26.2. The Hall–Kier alpha value is -3.83. The minimum Gasteiger partial charge on any atom is -0.493 e. The average Bonchev–Trinajstić information content (AvgIpc) is 3.52. The lowest BCUT2D eigenvalue weighted by molar-refractivity contribution is 0.0525. The fourth-order valence-electron chi connectivity index (χ4n) is 3.35. The molecule has 0 spiro atoms. The van der Waals surface area contributed by atoms with E-state index in [0.29, 0.717) is 36.7 Å². The smallest absolute Gasteiger partial charge is 0.369 e. The third-order valence-electron chi connectivity index (χ3n) is 5.34. The van der Waals surface area contributed by atoms with Crippen molar-refractivity contribution < 1.29 is 23.8 Å². The molecular formula is C26H26N4O5S2. The number of hydrogen-bond acceptors (Lipinski definition) is 10. The van der Waals surface area contributed by atoms with Gasteiger partial charge in [0.25, 0.3) is 5.91 Å². The molecule has 0 unspecified atom stereocenters. The average molecular weight is 539 g/mol. The molecule has 0 radical (unpaired) electrons. The van der Waals surface area contributed by atoms with Crippen molar-refractivity contribution in [2.75, 3.05) is 18.5 Å². The predicted molar refractivity (Wildman–Crippen MR) is 142 cm³/mol. The molecule has 1 amide bonds. The molecule has 0 aliphatic carbocycles. The van der Waals surface area contributed by atoms with Crippen molar-refractivity contribution in [1.82, 2.24) is 15.2 Å². The van der Waals surface area contributed by atoms with Crippen LogP contribution in [0.3, 0.4) is 0 Å². The van der Waals surface area contributed by atoms with E-state index in [1.165, 1.54) is 0 Å². The molecule has 4 aromatic rings. The Kier molecular flexibility index (Phi) is 8.81. The minimum atomic E-state index is -0.584. The van der Waals surface area contributed by atoms with Crippen molar-refractivity contribution in [1.29, 1.82) is 0 Å². The van der Waals surface area contributed by atoms with Gasteiger partial charge in [-0.2, -0.15) is 0 Å². The Bertz CT molecular complexity index is 1380. The van der Waals surface area contributed by atoms with Gasteiger partial charge in [0.1, 0.15) is 18.1 Å². The zero-order valence-corrected chi connectivity index (χ0v) is 22.3. The van der Waals surface area contributed by atoms with E-state index >= 15 is 0 Å². The SMILES string of the molecule is CCOC(=O)c1nnc(NC(=O)c2cc(OCCc3scnc3C)cc(OCc3ccccc3C)c2)s1. The Balaban J connectivity index is 1.50. The van der Waals surface area contributed by atoms with Crippen LogP contribution in [-0.2, 0) is 17.8 Å². The second-order valence-corrected chi connectivity index (χ2v) is 9.87. The first kappa shape index (κ1) is 26.2. The summed E-state index contributed by atoms with van der Waals surface area (Å²) in [5, 5.41) is 10.6. The summed E-state index contributed by atoms with van der Waals surface area (Å²) in [5.74, 6) is -0.0292. The van der Waals surface area contributed by atoms with Crippen molar-refractivity contribution >= 4 is 39.7 Å². The van der Waals surface area contributed by atoms with E-state index in [1.807, 2.05) is 43.6 Å². The van der Waals surface area contributed by atoms with E-state index in [4.69, 9.17) is 14.2 Å². The summed E-state index contributed by atoms with van der Waals surface area (Å²) in [6.45, 7) is 6.68. The Morgan fingerprint density at radius 3 is 2.54 bits per heavy atom. The van der Waals surface area contributed by atoms with Crippen LogP contribution in [0.15, 0.2) is 48.0 Å². The molecule has 0 saturated heterocycles. The number of anilines is 1. The number of nitrogens with one attached hydrogen (secondary N) is 1. The van der Waals surface area contributed by atoms with Crippen molar-refractivity contribution in [2.24, 2.45) is 0 Å².